The molecule has 7 heteroatoms. The number of nitro benzene ring substituents is 1. The monoisotopic (exact) mass is 354 g/mol. The van der Waals surface area contributed by atoms with Gasteiger partial charge in [-0.15, -0.1) is 0 Å². The molecule has 0 aliphatic rings. The van der Waals surface area contributed by atoms with Crippen molar-refractivity contribution < 1.29 is 24.3 Å². The molecule has 0 N–H and O–H groups in total. The lowest BCUT2D eigenvalue weighted by Crippen LogP contribution is -2.01. The molecule has 2 aromatic carbocycles. The van der Waals surface area contributed by atoms with Crippen LogP contribution in [0, 0.1) is 10.1 Å². The van der Waals surface area contributed by atoms with Gasteiger partial charge < -0.3 is 14.6 Å². The summed E-state index contributed by atoms with van der Waals surface area (Å²) in [7, 11) is 2.80. The maximum absolute atomic E-state index is 12.0. The highest BCUT2D eigenvalue weighted by molar-refractivity contribution is 6.04. The zero-order valence-electron chi connectivity index (χ0n) is 14.2. The Morgan fingerprint density at radius 3 is 2.35 bits per heavy atom. The Kier molecular flexibility index (Phi) is 6.10. The lowest BCUT2D eigenvalue weighted by atomic mass is 10.1. The maximum Gasteiger partial charge on any atom is 0.266 e. The highest BCUT2D eigenvalue weighted by atomic mass is 16.6. The second-order valence-corrected chi connectivity index (χ2v) is 5.17. The molecule has 2 aromatic rings. The third-order valence-electron chi connectivity index (χ3n) is 3.45. The Balaban J connectivity index is 2.18. The fraction of sp³-hybridized carbons (Fsp3) is 0.105. The first kappa shape index (κ1) is 18.7. The van der Waals surface area contributed by atoms with Crippen molar-refractivity contribution in [1.29, 1.82) is 0 Å². The summed E-state index contributed by atoms with van der Waals surface area (Å²) in [5.41, 5.74) is 0.499. The van der Waals surface area contributed by atoms with E-state index in [-0.39, 0.29) is 11.5 Å². The molecule has 0 spiro atoms. The maximum atomic E-state index is 12.0. The number of benzene rings is 2. The molecule has 0 unspecified atom stereocenters. The van der Waals surface area contributed by atoms with Crippen molar-refractivity contribution in [2.24, 2.45) is 0 Å². The van der Waals surface area contributed by atoms with Crippen LogP contribution in [0.15, 0.2) is 48.6 Å². The van der Waals surface area contributed by atoms with Gasteiger partial charge in [0.05, 0.1) is 19.1 Å². The van der Waals surface area contributed by atoms with E-state index in [1.54, 1.807) is 31.4 Å². The topological polar surface area (TPSA) is 102 Å². The van der Waals surface area contributed by atoms with Gasteiger partial charge in [0.2, 0.25) is 0 Å². The van der Waals surface area contributed by atoms with Crippen molar-refractivity contribution in [2.45, 2.75) is 0 Å². The third kappa shape index (κ3) is 4.70. The van der Waals surface area contributed by atoms with Gasteiger partial charge in [0.15, 0.2) is 5.78 Å². The predicted molar refractivity (Wildman–Crippen MR) is 95.2 cm³/mol. The Morgan fingerprint density at radius 1 is 1.04 bits per heavy atom. The molecular weight excluding hydrogens is 338 g/mol. The van der Waals surface area contributed by atoms with E-state index in [0.717, 1.165) is 11.6 Å². The number of ether oxygens (including phenoxy) is 2. The lowest BCUT2D eigenvalue weighted by molar-refractivity contribution is -0.398. The van der Waals surface area contributed by atoms with Gasteiger partial charge in [-0.05, 0) is 41.5 Å². The van der Waals surface area contributed by atoms with Crippen LogP contribution in [0.5, 0.6) is 17.2 Å². The van der Waals surface area contributed by atoms with Gasteiger partial charge in [0.25, 0.3) is 5.69 Å². The number of ketones is 1. The smallest absolute Gasteiger partial charge is 0.266 e. The summed E-state index contributed by atoms with van der Waals surface area (Å²) in [6.45, 7) is 0. The van der Waals surface area contributed by atoms with E-state index in [0.29, 0.717) is 11.3 Å². The largest absolute Gasteiger partial charge is 0.865 e. The number of hydrogen-bond donors (Lipinski definition) is 0. The van der Waals surface area contributed by atoms with Gasteiger partial charge in [0.1, 0.15) is 11.5 Å². The second-order valence-electron chi connectivity index (χ2n) is 5.17. The van der Waals surface area contributed by atoms with E-state index in [1.165, 1.54) is 31.4 Å². The summed E-state index contributed by atoms with van der Waals surface area (Å²) >= 11 is 0. The average Bonchev–Trinajstić information content (AvgIpc) is 2.65. The number of carbonyl (C=O) groups excluding carboxylic acids is 1. The van der Waals surface area contributed by atoms with Crippen LogP contribution in [0.3, 0.4) is 0 Å². The molecule has 0 bridgehead atoms. The number of allylic oxidation sites excluding steroid dienone is 2. The van der Waals surface area contributed by atoms with Crippen molar-refractivity contribution in [2.75, 3.05) is 14.2 Å². The van der Waals surface area contributed by atoms with Gasteiger partial charge >= 0.3 is 0 Å². The van der Waals surface area contributed by atoms with E-state index >= 15 is 0 Å². The first-order valence-electron chi connectivity index (χ1n) is 7.52. The van der Waals surface area contributed by atoms with Crippen molar-refractivity contribution in [1.82, 2.24) is 0 Å². The van der Waals surface area contributed by atoms with Crippen LogP contribution in [0.2, 0.25) is 0 Å². The van der Waals surface area contributed by atoms with Crippen LogP contribution < -0.4 is 14.6 Å². The first-order chi connectivity index (χ1) is 12.4. The average molecular weight is 354 g/mol. The molecule has 0 aliphatic carbocycles. The van der Waals surface area contributed by atoms with E-state index in [2.05, 4.69) is 0 Å². The molecule has 0 radical (unpaired) electrons. The standard InChI is InChI=1S/C19H17NO6/c1-25-16-5-3-4-13(10-16)6-8-15(21)9-7-14-11-17(20(23)24)19(22)18(12-14)26-2/h3-12,22H,1-2H3/p-1/b8-6+,9-7+. The van der Waals surface area contributed by atoms with Crippen LogP contribution in [0.4, 0.5) is 5.69 Å². The Hall–Kier alpha value is -3.61. The Morgan fingerprint density at radius 2 is 1.73 bits per heavy atom. The van der Waals surface area contributed by atoms with Crippen molar-refractivity contribution in [3.8, 4) is 17.2 Å². The SMILES string of the molecule is COc1cccc(/C=C/C(=O)/C=C/c2cc(OC)c([O-])c([N+](=O)[O-])c2)c1. The summed E-state index contributed by atoms with van der Waals surface area (Å²) in [5.74, 6) is -0.606. The van der Waals surface area contributed by atoms with Crippen LogP contribution in [-0.4, -0.2) is 24.9 Å². The highest BCUT2D eigenvalue weighted by Gasteiger charge is 2.12. The van der Waals surface area contributed by atoms with Crippen LogP contribution in [-0.2, 0) is 4.79 Å². The molecular formula is C19H16NO6-. The minimum Gasteiger partial charge on any atom is -0.865 e. The molecule has 26 heavy (non-hydrogen) atoms. The van der Waals surface area contributed by atoms with E-state index < -0.39 is 16.4 Å². The minimum atomic E-state index is -0.807. The van der Waals surface area contributed by atoms with E-state index in [9.17, 15) is 20.0 Å². The van der Waals surface area contributed by atoms with Crippen LogP contribution in [0.25, 0.3) is 12.2 Å². The fourth-order valence-corrected chi connectivity index (χ4v) is 2.15. The van der Waals surface area contributed by atoms with Crippen molar-refractivity contribution in [3.63, 3.8) is 0 Å². The highest BCUT2D eigenvalue weighted by Crippen LogP contribution is 2.34. The predicted octanol–water partition coefficient (Wildman–Crippen LogP) is 2.98. The molecule has 7 nitrogen and oxygen atoms in total. The normalized spacial score (nSPS) is 11.0. The van der Waals surface area contributed by atoms with Gasteiger partial charge in [-0.1, -0.05) is 24.3 Å². The number of nitro groups is 1. The minimum absolute atomic E-state index is 0.154. The zero-order valence-corrected chi connectivity index (χ0v) is 14.2. The molecule has 0 atom stereocenters. The van der Waals surface area contributed by atoms with Crippen molar-refractivity contribution in [3.05, 3.63) is 69.8 Å². The summed E-state index contributed by atoms with van der Waals surface area (Å²) in [4.78, 5) is 22.1. The zero-order chi connectivity index (χ0) is 19.1. The molecule has 0 saturated heterocycles. The molecule has 0 heterocycles. The van der Waals surface area contributed by atoms with E-state index in [1.807, 2.05) is 6.07 Å². The molecule has 0 amide bonds. The molecule has 134 valence electrons. The molecule has 0 aromatic heterocycles. The Bertz CT molecular complexity index is 886. The number of methoxy groups -OCH3 is 2. The summed E-state index contributed by atoms with van der Waals surface area (Å²) < 4.78 is 9.95. The Labute approximate surface area is 149 Å². The number of hydrogen-bond acceptors (Lipinski definition) is 6. The second kappa shape index (κ2) is 8.48. The molecule has 0 saturated carbocycles. The quantitative estimate of drug-likeness (QED) is 0.430. The van der Waals surface area contributed by atoms with Gasteiger partial charge in [-0.3, -0.25) is 14.9 Å². The van der Waals surface area contributed by atoms with Gasteiger partial charge in [0, 0.05) is 11.8 Å². The lowest BCUT2D eigenvalue weighted by Gasteiger charge is -2.13. The number of nitrogens with zero attached hydrogens (tertiary/aromatic N) is 1. The summed E-state index contributed by atoms with van der Waals surface area (Å²) in [5, 5.41) is 22.7. The summed E-state index contributed by atoms with van der Waals surface area (Å²) in [6.07, 6.45) is 5.62. The third-order valence-corrected chi connectivity index (χ3v) is 3.45. The van der Waals surface area contributed by atoms with Crippen LogP contribution >= 0.6 is 0 Å². The van der Waals surface area contributed by atoms with Gasteiger partial charge in [-0.2, -0.15) is 0 Å². The summed E-state index contributed by atoms with van der Waals surface area (Å²) in [6, 6.07) is 9.62. The first-order valence-corrected chi connectivity index (χ1v) is 7.52. The fourth-order valence-electron chi connectivity index (χ4n) is 2.15. The molecule has 0 fully saturated rings. The van der Waals surface area contributed by atoms with Crippen LogP contribution in [0.1, 0.15) is 11.1 Å². The number of carbonyl (C=O) groups is 1. The molecule has 0 aliphatic heterocycles. The van der Waals surface area contributed by atoms with Gasteiger partial charge in [-0.25, -0.2) is 0 Å². The van der Waals surface area contributed by atoms with Crippen molar-refractivity contribution >= 4 is 23.6 Å². The van der Waals surface area contributed by atoms with E-state index in [4.69, 9.17) is 9.47 Å². The molecule has 2 rings (SSSR count). The number of rotatable bonds is 7.